The van der Waals surface area contributed by atoms with Crippen LogP contribution in [0.15, 0.2) is 36.4 Å². The molecule has 0 unspecified atom stereocenters. The maximum atomic E-state index is 13.4. The van der Waals surface area contributed by atoms with Crippen molar-refractivity contribution in [3.63, 3.8) is 0 Å². The van der Waals surface area contributed by atoms with Gasteiger partial charge in [0.2, 0.25) is 0 Å². The van der Waals surface area contributed by atoms with Crippen LogP contribution in [0.5, 0.6) is 0 Å². The van der Waals surface area contributed by atoms with Crippen LogP contribution < -0.4 is 10.6 Å². The largest absolute Gasteiger partial charge is 0.323 e. The van der Waals surface area contributed by atoms with Gasteiger partial charge in [-0.3, -0.25) is 10.1 Å². The van der Waals surface area contributed by atoms with Crippen LogP contribution in [-0.4, -0.2) is 11.0 Å². The minimum Gasteiger partial charge on any atom is -0.307 e. The number of carbonyl (C=O) groups excluding carboxylic acids is 1. The van der Waals surface area contributed by atoms with E-state index in [0.717, 1.165) is 6.07 Å². The molecule has 0 fully saturated rings. The molecule has 0 bridgehead atoms. The Morgan fingerprint density at radius 2 is 1.68 bits per heavy atom. The summed E-state index contributed by atoms with van der Waals surface area (Å²) in [5, 5.41) is 14.8. The topological polar surface area (TPSA) is 84.3 Å². The molecule has 0 saturated carbocycles. The minimum atomic E-state index is -1.39. The molecule has 0 aliphatic carbocycles. The Labute approximate surface area is 121 Å². The van der Waals surface area contributed by atoms with Crippen molar-refractivity contribution in [2.24, 2.45) is 0 Å². The summed E-state index contributed by atoms with van der Waals surface area (Å²) in [6, 6.07) is 4.82. The van der Waals surface area contributed by atoms with Gasteiger partial charge in [-0.1, -0.05) is 6.07 Å². The van der Waals surface area contributed by atoms with E-state index in [1.807, 2.05) is 5.32 Å². The number of anilines is 2. The summed E-state index contributed by atoms with van der Waals surface area (Å²) in [6.45, 7) is 0. The number of halogens is 3. The number of hydrogen-bond acceptors (Lipinski definition) is 3. The first kappa shape index (κ1) is 15.3. The number of rotatable bonds is 3. The normalized spacial score (nSPS) is 10.1. The van der Waals surface area contributed by atoms with Crippen LogP contribution in [0.1, 0.15) is 0 Å². The molecule has 2 aromatic rings. The molecular weight excluding hydrogens is 303 g/mol. The van der Waals surface area contributed by atoms with Crippen LogP contribution >= 0.6 is 0 Å². The predicted octanol–water partition coefficient (Wildman–Crippen LogP) is 3.66. The maximum absolute atomic E-state index is 13.4. The molecule has 2 rings (SSSR count). The fourth-order valence-corrected chi connectivity index (χ4v) is 1.60. The average molecular weight is 311 g/mol. The van der Waals surface area contributed by atoms with Gasteiger partial charge in [0.1, 0.15) is 5.82 Å². The third-order valence-electron chi connectivity index (χ3n) is 2.57. The van der Waals surface area contributed by atoms with Crippen molar-refractivity contribution in [3.8, 4) is 0 Å². The summed E-state index contributed by atoms with van der Waals surface area (Å²) in [4.78, 5) is 21.6. The van der Waals surface area contributed by atoms with Gasteiger partial charge in [0.25, 0.3) is 5.69 Å². The predicted molar refractivity (Wildman–Crippen MR) is 72.1 cm³/mol. The molecule has 0 saturated heterocycles. The second-order valence-electron chi connectivity index (χ2n) is 4.13. The van der Waals surface area contributed by atoms with Gasteiger partial charge < -0.3 is 10.6 Å². The van der Waals surface area contributed by atoms with Gasteiger partial charge in [-0.2, -0.15) is 0 Å². The van der Waals surface area contributed by atoms with Gasteiger partial charge in [-0.15, -0.1) is 0 Å². The van der Waals surface area contributed by atoms with E-state index in [1.165, 1.54) is 18.2 Å². The number of amides is 2. The SMILES string of the molecule is O=C(Nc1cccc([N+](=O)[O-])c1)Nc1cc(F)c(F)cc1F. The molecule has 0 radical (unpaired) electrons. The Morgan fingerprint density at radius 3 is 2.36 bits per heavy atom. The Balaban J connectivity index is 2.12. The van der Waals surface area contributed by atoms with E-state index in [-0.39, 0.29) is 17.4 Å². The Morgan fingerprint density at radius 1 is 1.00 bits per heavy atom. The summed E-state index contributed by atoms with van der Waals surface area (Å²) < 4.78 is 39.1. The molecule has 0 atom stereocenters. The van der Waals surface area contributed by atoms with Crippen LogP contribution in [0.2, 0.25) is 0 Å². The quantitative estimate of drug-likeness (QED) is 0.515. The maximum Gasteiger partial charge on any atom is 0.323 e. The summed E-state index contributed by atoms with van der Waals surface area (Å²) in [5.74, 6) is -3.87. The molecule has 22 heavy (non-hydrogen) atoms. The zero-order valence-electron chi connectivity index (χ0n) is 10.8. The molecule has 6 nitrogen and oxygen atoms in total. The second kappa shape index (κ2) is 6.12. The van der Waals surface area contributed by atoms with Gasteiger partial charge in [0.05, 0.1) is 10.6 Å². The zero-order chi connectivity index (χ0) is 16.3. The van der Waals surface area contributed by atoms with Crippen LogP contribution in [0, 0.1) is 27.6 Å². The number of hydrogen-bond donors (Lipinski definition) is 2. The molecule has 2 N–H and O–H groups in total. The number of nitrogens with one attached hydrogen (secondary N) is 2. The van der Waals surface area contributed by atoms with Gasteiger partial charge >= 0.3 is 6.03 Å². The molecule has 2 aromatic carbocycles. The Bertz CT molecular complexity index is 753. The molecule has 0 aliphatic rings. The van der Waals surface area contributed by atoms with Crippen LogP contribution in [0.25, 0.3) is 0 Å². The molecule has 0 aromatic heterocycles. The molecule has 9 heteroatoms. The van der Waals surface area contributed by atoms with Gasteiger partial charge in [-0.05, 0) is 6.07 Å². The van der Waals surface area contributed by atoms with E-state index in [1.54, 1.807) is 0 Å². The third kappa shape index (κ3) is 3.51. The lowest BCUT2D eigenvalue weighted by Crippen LogP contribution is -2.20. The molecule has 114 valence electrons. The van der Waals surface area contributed by atoms with E-state index in [0.29, 0.717) is 6.07 Å². The highest BCUT2D eigenvalue weighted by atomic mass is 19.2. The summed E-state index contributed by atoms with van der Waals surface area (Å²) in [5.41, 5.74) is -0.742. The number of nitrogens with zero attached hydrogens (tertiary/aromatic N) is 1. The Kier molecular flexibility index (Phi) is 4.25. The molecule has 2 amide bonds. The average Bonchev–Trinajstić information content (AvgIpc) is 2.45. The first-order valence-corrected chi connectivity index (χ1v) is 5.84. The number of nitro groups is 1. The zero-order valence-corrected chi connectivity index (χ0v) is 10.8. The van der Waals surface area contributed by atoms with Crippen molar-refractivity contribution < 1.29 is 22.9 Å². The van der Waals surface area contributed by atoms with Crippen LogP contribution in [-0.2, 0) is 0 Å². The lowest BCUT2D eigenvalue weighted by Gasteiger charge is -2.08. The van der Waals surface area contributed by atoms with Crippen LogP contribution in [0.3, 0.4) is 0 Å². The van der Waals surface area contributed by atoms with E-state index in [4.69, 9.17) is 0 Å². The summed E-state index contributed by atoms with van der Waals surface area (Å²) in [7, 11) is 0. The number of nitro benzene ring substituents is 1. The lowest BCUT2D eigenvalue weighted by molar-refractivity contribution is -0.384. The van der Waals surface area contributed by atoms with E-state index in [2.05, 4.69) is 5.32 Å². The number of urea groups is 1. The van der Waals surface area contributed by atoms with E-state index in [9.17, 15) is 28.1 Å². The van der Waals surface area contributed by atoms with Crippen molar-refractivity contribution in [2.75, 3.05) is 10.6 Å². The first-order chi connectivity index (χ1) is 10.4. The van der Waals surface area contributed by atoms with E-state index >= 15 is 0 Å². The van der Waals surface area contributed by atoms with Gasteiger partial charge in [0, 0.05) is 30.0 Å². The fourth-order valence-electron chi connectivity index (χ4n) is 1.60. The van der Waals surface area contributed by atoms with Crippen LogP contribution in [0.4, 0.5) is 35.0 Å². The number of carbonyl (C=O) groups is 1. The van der Waals surface area contributed by atoms with Gasteiger partial charge in [0.15, 0.2) is 11.6 Å². The molecule has 0 heterocycles. The monoisotopic (exact) mass is 311 g/mol. The number of benzene rings is 2. The molecular formula is C13H8F3N3O3. The molecule has 0 aliphatic heterocycles. The van der Waals surface area contributed by atoms with Crippen molar-refractivity contribution in [3.05, 3.63) is 64.0 Å². The summed E-state index contributed by atoms with van der Waals surface area (Å²) >= 11 is 0. The lowest BCUT2D eigenvalue weighted by atomic mass is 10.2. The highest BCUT2D eigenvalue weighted by Gasteiger charge is 2.13. The fraction of sp³-hybridized carbons (Fsp3) is 0. The van der Waals surface area contributed by atoms with E-state index < -0.39 is 34.1 Å². The highest BCUT2D eigenvalue weighted by molar-refractivity contribution is 5.99. The third-order valence-corrected chi connectivity index (χ3v) is 2.57. The second-order valence-corrected chi connectivity index (χ2v) is 4.13. The van der Waals surface area contributed by atoms with Crippen molar-refractivity contribution in [1.82, 2.24) is 0 Å². The number of non-ortho nitro benzene ring substituents is 1. The molecule has 0 spiro atoms. The van der Waals surface area contributed by atoms with Crippen molar-refractivity contribution in [2.45, 2.75) is 0 Å². The highest BCUT2D eigenvalue weighted by Crippen LogP contribution is 2.20. The van der Waals surface area contributed by atoms with Gasteiger partial charge in [-0.25, -0.2) is 18.0 Å². The standard InChI is InChI=1S/C13H8F3N3O3/c14-9-5-11(16)12(6-10(9)15)18-13(20)17-7-2-1-3-8(4-7)19(21)22/h1-6H,(H2,17,18,20). The summed E-state index contributed by atoms with van der Waals surface area (Å²) in [6.07, 6.45) is 0. The van der Waals surface area contributed by atoms with Crippen molar-refractivity contribution in [1.29, 1.82) is 0 Å². The van der Waals surface area contributed by atoms with Crippen molar-refractivity contribution >= 4 is 23.1 Å². The smallest absolute Gasteiger partial charge is 0.307 e. The first-order valence-electron chi connectivity index (χ1n) is 5.84. The Hall–Kier alpha value is -3.10. The minimum absolute atomic E-state index is 0.0784.